The Morgan fingerprint density at radius 3 is 2.35 bits per heavy atom. The van der Waals surface area contributed by atoms with E-state index < -0.39 is 0 Å². The van der Waals surface area contributed by atoms with E-state index in [1.807, 2.05) is 31.2 Å². The highest BCUT2D eigenvalue weighted by molar-refractivity contribution is 9.10. The lowest BCUT2D eigenvalue weighted by molar-refractivity contribution is 0.0950. The van der Waals surface area contributed by atoms with Gasteiger partial charge in [0.2, 0.25) is 0 Å². The fraction of sp³-hybridized carbons (Fsp3) is 0.500. The second-order valence-corrected chi connectivity index (χ2v) is 5.65. The number of hydrogen-bond donors (Lipinski definition) is 1. The Kier molecular flexibility index (Phi) is 5.86. The normalized spacial score (nSPS) is 12.8. The predicted octanol–water partition coefficient (Wildman–Crippen LogP) is 3.66. The lowest BCUT2D eigenvalue weighted by Crippen LogP contribution is -2.35. The van der Waals surface area contributed by atoms with Gasteiger partial charge in [0.25, 0.3) is 0 Å². The molecule has 1 N–H and O–H groups in total. The summed E-state index contributed by atoms with van der Waals surface area (Å²) in [4.78, 5) is 12.1. The van der Waals surface area contributed by atoms with Gasteiger partial charge in [0.05, 0.1) is 6.04 Å². The van der Waals surface area contributed by atoms with Crippen LogP contribution >= 0.6 is 15.9 Å². The predicted molar refractivity (Wildman–Crippen MR) is 75.4 cm³/mol. The van der Waals surface area contributed by atoms with Crippen molar-refractivity contribution >= 4 is 21.7 Å². The minimum Gasteiger partial charge on any atom is -0.307 e. The van der Waals surface area contributed by atoms with E-state index in [0.717, 1.165) is 23.0 Å². The summed E-state index contributed by atoms with van der Waals surface area (Å²) in [5.74, 6) is 0.818. The zero-order chi connectivity index (χ0) is 12.8. The van der Waals surface area contributed by atoms with Crippen molar-refractivity contribution in [3.05, 3.63) is 34.3 Å². The largest absolute Gasteiger partial charge is 0.307 e. The van der Waals surface area contributed by atoms with Crippen LogP contribution in [0.5, 0.6) is 0 Å². The molecule has 1 rings (SSSR count). The molecule has 0 aliphatic rings. The molecule has 3 heteroatoms. The number of hydrogen-bond acceptors (Lipinski definition) is 2. The summed E-state index contributed by atoms with van der Waals surface area (Å²) in [5.41, 5.74) is 0.762. The first-order valence-corrected chi connectivity index (χ1v) is 6.83. The molecule has 1 aromatic rings. The maximum absolute atomic E-state index is 12.1. The second kappa shape index (κ2) is 6.92. The van der Waals surface area contributed by atoms with Crippen molar-refractivity contribution in [2.45, 2.75) is 33.2 Å². The summed E-state index contributed by atoms with van der Waals surface area (Å²) >= 11 is 3.36. The molecule has 0 spiro atoms. The molecule has 1 unspecified atom stereocenters. The summed E-state index contributed by atoms with van der Waals surface area (Å²) in [6.45, 7) is 7.18. The topological polar surface area (TPSA) is 29.1 Å². The van der Waals surface area contributed by atoms with Crippen molar-refractivity contribution in [3.8, 4) is 0 Å². The number of carbonyl (C=O) groups excluding carboxylic acids is 1. The molecule has 1 atom stereocenters. The minimum atomic E-state index is -0.116. The van der Waals surface area contributed by atoms with E-state index in [1.165, 1.54) is 0 Å². The van der Waals surface area contributed by atoms with Gasteiger partial charge in [0.15, 0.2) is 5.78 Å². The Morgan fingerprint density at radius 2 is 1.82 bits per heavy atom. The third-order valence-corrected chi connectivity index (χ3v) is 3.22. The lowest BCUT2D eigenvalue weighted by Gasteiger charge is -2.13. The van der Waals surface area contributed by atoms with Gasteiger partial charge in [0.1, 0.15) is 0 Å². The zero-order valence-electron chi connectivity index (χ0n) is 10.7. The molecule has 0 amide bonds. The number of carbonyl (C=O) groups is 1. The molecule has 0 aliphatic heterocycles. The molecule has 17 heavy (non-hydrogen) atoms. The number of halogens is 1. The third kappa shape index (κ3) is 5.00. The van der Waals surface area contributed by atoms with Crippen LogP contribution in [-0.2, 0) is 0 Å². The molecular weight excluding hydrogens is 278 g/mol. The highest BCUT2D eigenvalue weighted by atomic mass is 79.9. The molecular formula is C14H20BrNO. The lowest BCUT2D eigenvalue weighted by atomic mass is 10.0. The van der Waals surface area contributed by atoms with Crippen LogP contribution in [0.4, 0.5) is 0 Å². The molecule has 0 fully saturated rings. The molecule has 0 saturated heterocycles. The molecule has 0 aliphatic carbocycles. The van der Waals surface area contributed by atoms with Crippen LogP contribution in [0.3, 0.4) is 0 Å². The minimum absolute atomic E-state index is 0.116. The van der Waals surface area contributed by atoms with Crippen molar-refractivity contribution < 1.29 is 4.79 Å². The maximum atomic E-state index is 12.1. The van der Waals surface area contributed by atoms with Gasteiger partial charge < -0.3 is 5.32 Å². The smallest absolute Gasteiger partial charge is 0.179 e. The van der Waals surface area contributed by atoms with Crippen LogP contribution in [0.25, 0.3) is 0 Å². The van der Waals surface area contributed by atoms with E-state index in [-0.39, 0.29) is 11.8 Å². The van der Waals surface area contributed by atoms with Gasteiger partial charge in [-0.1, -0.05) is 41.9 Å². The highest BCUT2D eigenvalue weighted by Crippen LogP contribution is 2.12. The molecule has 2 nitrogen and oxygen atoms in total. The Hall–Kier alpha value is -0.670. The van der Waals surface area contributed by atoms with Gasteiger partial charge >= 0.3 is 0 Å². The van der Waals surface area contributed by atoms with E-state index in [0.29, 0.717) is 5.92 Å². The van der Waals surface area contributed by atoms with Crippen LogP contribution in [-0.4, -0.2) is 18.4 Å². The molecule has 0 radical (unpaired) electrons. The Bertz CT molecular complexity index is 359. The van der Waals surface area contributed by atoms with Gasteiger partial charge in [-0.2, -0.15) is 0 Å². The van der Waals surface area contributed by atoms with Crippen molar-refractivity contribution in [1.29, 1.82) is 0 Å². The van der Waals surface area contributed by atoms with Crippen LogP contribution in [0, 0.1) is 5.92 Å². The number of rotatable bonds is 6. The van der Waals surface area contributed by atoms with Crippen molar-refractivity contribution in [3.63, 3.8) is 0 Å². The fourth-order valence-corrected chi connectivity index (χ4v) is 1.81. The Morgan fingerprint density at radius 1 is 1.24 bits per heavy atom. The molecule has 1 aromatic carbocycles. The summed E-state index contributed by atoms with van der Waals surface area (Å²) in [6, 6.07) is 7.39. The number of ketones is 1. The monoisotopic (exact) mass is 297 g/mol. The van der Waals surface area contributed by atoms with Crippen LogP contribution < -0.4 is 5.32 Å². The SMILES string of the molecule is CC(C)CCNC(C)C(=O)c1ccc(Br)cc1. The van der Waals surface area contributed by atoms with E-state index in [9.17, 15) is 4.79 Å². The molecule has 0 saturated carbocycles. The van der Waals surface area contributed by atoms with Crippen molar-refractivity contribution in [1.82, 2.24) is 5.32 Å². The maximum Gasteiger partial charge on any atom is 0.179 e. The van der Waals surface area contributed by atoms with Crippen LogP contribution in [0.2, 0.25) is 0 Å². The van der Waals surface area contributed by atoms with Gasteiger partial charge in [-0.25, -0.2) is 0 Å². The van der Waals surface area contributed by atoms with Gasteiger partial charge in [0, 0.05) is 10.0 Å². The van der Waals surface area contributed by atoms with Crippen LogP contribution in [0.1, 0.15) is 37.6 Å². The quantitative estimate of drug-likeness (QED) is 0.812. The van der Waals surface area contributed by atoms with Crippen molar-refractivity contribution in [2.75, 3.05) is 6.54 Å². The van der Waals surface area contributed by atoms with Gasteiger partial charge in [-0.05, 0) is 37.9 Å². The zero-order valence-corrected chi connectivity index (χ0v) is 12.3. The number of benzene rings is 1. The number of Topliss-reactive ketones (excluding diaryl/α,β-unsaturated/α-hetero) is 1. The Balaban J connectivity index is 2.49. The van der Waals surface area contributed by atoms with E-state index in [1.54, 1.807) is 0 Å². The summed E-state index contributed by atoms with van der Waals surface area (Å²) in [7, 11) is 0. The number of nitrogens with one attached hydrogen (secondary N) is 1. The molecule has 94 valence electrons. The van der Waals surface area contributed by atoms with Gasteiger partial charge in [-0.15, -0.1) is 0 Å². The second-order valence-electron chi connectivity index (χ2n) is 4.73. The summed E-state index contributed by atoms with van der Waals surface area (Å²) in [6.07, 6.45) is 1.10. The molecule has 0 heterocycles. The Labute approximate surface area is 112 Å². The highest BCUT2D eigenvalue weighted by Gasteiger charge is 2.14. The average Bonchev–Trinajstić information content (AvgIpc) is 2.28. The summed E-state index contributed by atoms with van der Waals surface area (Å²) < 4.78 is 0.995. The van der Waals surface area contributed by atoms with E-state index in [2.05, 4.69) is 35.1 Å². The van der Waals surface area contributed by atoms with Crippen LogP contribution in [0.15, 0.2) is 28.7 Å². The van der Waals surface area contributed by atoms with Crippen molar-refractivity contribution in [2.24, 2.45) is 5.92 Å². The molecule has 0 aromatic heterocycles. The van der Waals surface area contributed by atoms with E-state index in [4.69, 9.17) is 0 Å². The fourth-order valence-electron chi connectivity index (χ4n) is 1.55. The van der Waals surface area contributed by atoms with E-state index >= 15 is 0 Å². The third-order valence-electron chi connectivity index (χ3n) is 2.69. The average molecular weight is 298 g/mol. The standard InChI is InChI=1S/C14H20BrNO/c1-10(2)8-9-16-11(3)14(17)12-4-6-13(15)7-5-12/h4-7,10-11,16H,8-9H2,1-3H3. The molecule has 0 bridgehead atoms. The first-order valence-electron chi connectivity index (χ1n) is 6.04. The summed E-state index contributed by atoms with van der Waals surface area (Å²) in [5, 5.41) is 3.27. The first-order chi connectivity index (χ1) is 8.00. The first kappa shape index (κ1) is 14.4. The van der Waals surface area contributed by atoms with Gasteiger partial charge in [-0.3, -0.25) is 4.79 Å².